The molecule has 8 heteroatoms. The third kappa shape index (κ3) is 4.12. The smallest absolute Gasteiger partial charge is 0.331 e. The fraction of sp³-hybridized carbons (Fsp3) is 0.625. The second-order valence-electron chi connectivity index (χ2n) is 6.37. The van der Waals surface area contributed by atoms with E-state index in [0.717, 1.165) is 6.42 Å². The minimum absolute atomic E-state index is 0.0296. The van der Waals surface area contributed by atoms with Gasteiger partial charge in [0.25, 0.3) is 5.88 Å². The van der Waals surface area contributed by atoms with Crippen molar-refractivity contribution >= 4 is 17.5 Å². The van der Waals surface area contributed by atoms with Gasteiger partial charge in [-0.15, -0.1) is 0 Å². The number of carboxylic acids is 1. The Bertz CT molecular complexity index is 620. The van der Waals surface area contributed by atoms with Gasteiger partial charge in [0.1, 0.15) is 5.82 Å². The molecule has 1 fully saturated rings. The molecule has 2 atom stereocenters. The molecule has 0 bridgehead atoms. The number of anilines is 1. The first kappa shape index (κ1) is 18.0. The second kappa shape index (κ2) is 7.46. The lowest BCUT2D eigenvalue weighted by Crippen LogP contribution is -2.43. The zero-order valence-corrected chi connectivity index (χ0v) is 14.1. The van der Waals surface area contributed by atoms with E-state index >= 15 is 0 Å². The highest BCUT2D eigenvalue weighted by atomic mass is 16.6. The zero-order valence-electron chi connectivity index (χ0n) is 14.1. The minimum atomic E-state index is -0.821. The van der Waals surface area contributed by atoms with Crippen molar-refractivity contribution in [1.29, 1.82) is 0 Å². The van der Waals surface area contributed by atoms with Gasteiger partial charge in [0.05, 0.1) is 16.9 Å². The molecule has 1 N–H and O–H groups in total. The normalized spacial score (nSPS) is 20.9. The average Bonchev–Trinajstić information content (AvgIpc) is 2.53. The summed E-state index contributed by atoms with van der Waals surface area (Å²) in [6.07, 6.45) is 1.27. The molecule has 0 aromatic carbocycles. The molecule has 1 aliphatic rings. The molecule has 0 aliphatic carbocycles. The predicted molar refractivity (Wildman–Crippen MR) is 88.4 cm³/mol. The Morgan fingerprint density at radius 2 is 2.21 bits per heavy atom. The molecule has 1 aromatic rings. The molecule has 2 heterocycles. The van der Waals surface area contributed by atoms with Crippen LogP contribution in [-0.4, -0.2) is 40.2 Å². The molecule has 132 valence electrons. The average molecular weight is 337 g/mol. The van der Waals surface area contributed by atoms with E-state index in [0.29, 0.717) is 25.3 Å². The zero-order chi connectivity index (χ0) is 17.9. The van der Waals surface area contributed by atoms with Crippen molar-refractivity contribution in [3.8, 4) is 5.88 Å². The Balaban J connectivity index is 2.32. The van der Waals surface area contributed by atoms with Gasteiger partial charge in [-0.3, -0.25) is 14.9 Å². The fourth-order valence-corrected chi connectivity index (χ4v) is 2.91. The lowest BCUT2D eigenvalue weighted by molar-refractivity contribution is -0.386. The molecule has 0 saturated carbocycles. The van der Waals surface area contributed by atoms with Crippen LogP contribution < -0.4 is 9.64 Å². The summed E-state index contributed by atoms with van der Waals surface area (Å²) in [7, 11) is 0. The number of hydrogen-bond acceptors (Lipinski definition) is 6. The molecule has 1 aliphatic heterocycles. The maximum atomic E-state index is 11.4. The summed E-state index contributed by atoms with van der Waals surface area (Å²) < 4.78 is 5.47. The fourth-order valence-electron chi connectivity index (χ4n) is 2.91. The van der Waals surface area contributed by atoms with E-state index in [-0.39, 0.29) is 23.6 Å². The standard InChI is InChI=1S/C16H23N3O5/c1-4-11-7-12(16(20)21)9-18(8-11)14-6-5-13(19(22)23)15(17-14)24-10(2)3/h5-6,10-12H,4,7-9H2,1-3H3,(H,20,21). The number of aromatic nitrogens is 1. The largest absolute Gasteiger partial charge is 0.481 e. The summed E-state index contributed by atoms with van der Waals surface area (Å²) >= 11 is 0. The van der Waals surface area contributed by atoms with Crippen molar-refractivity contribution in [1.82, 2.24) is 4.98 Å². The van der Waals surface area contributed by atoms with Gasteiger partial charge < -0.3 is 14.7 Å². The third-order valence-corrected chi connectivity index (χ3v) is 4.16. The number of nitro groups is 1. The summed E-state index contributed by atoms with van der Waals surface area (Å²) in [5, 5.41) is 20.5. The molecule has 2 rings (SSSR count). The van der Waals surface area contributed by atoms with Gasteiger partial charge in [0.2, 0.25) is 0 Å². The van der Waals surface area contributed by atoms with Crippen LogP contribution in [0.1, 0.15) is 33.6 Å². The summed E-state index contributed by atoms with van der Waals surface area (Å²) in [4.78, 5) is 28.2. The lowest BCUT2D eigenvalue weighted by Gasteiger charge is -2.36. The predicted octanol–water partition coefficient (Wildman–Crippen LogP) is 2.71. The monoisotopic (exact) mass is 337 g/mol. The number of ether oxygens (including phenoxy) is 1. The van der Waals surface area contributed by atoms with Gasteiger partial charge in [-0.1, -0.05) is 13.3 Å². The Labute approximate surface area is 140 Å². The third-order valence-electron chi connectivity index (χ3n) is 4.16. The maximum absolute atomic E-state index is 11.4. The number of pyridine rings is 1. The molecule has 24 heavy (non-hydrogen) atoms. The number of hydrogen-bond donors (Lipinski definition) is 1. The van der Waals surface area contributed by atoms with Crippen molar-refractivity contribution < 1.29 is 19.6 Å². The van der Waals surface area contributed by atoms with E-state index in [4.69, 9.17) is 4.74 Å². The van der Waals surface area contributed by atoms with Crippen LogP contribution in [0.2, 0.25) is 0 Å². The number of piperidine rings is 1. The van der Waals surface area contributed by atoms with E-state index < -0.39 is 16.8 Å². The highest BCUT2D eigenvalue weighted by Crippen LogP contribution is 2.32. The molecule has 0 amide bonds. The first-order valence-electron chi connectivity index (χ1n) is 8.11. The van der Waals surface area contributed by atoms with Crippen LogP contribution >= 0.6 is 0 Å². The van der Waals surface area contributed by atoms with Crippen LogP contribution in [0.3, 0.4) is 0 Å². The van der Waals surface area contributed by atoms with Crippen LogP contribution in [0.25, 0.3) is 0 Å². The van der Waals surface area contributed by atoms with Gasteiger partial charge >= 0.3 is 11.7 Å². The van der Waals surface area contributed by atoms with Crippen molar-refractivity contribution in [3.05, 3.63) is 22.2 Å². The van der Waals surface area contributed by atoms with Crippen molar-refractivity contribution in [2.24, 2.45) is 11.8 Å². The quantitative estimate of drug-likeness (QED) is 0.628. The Kier molecular flexibility index (Phi) is 5.58. The molecule has 8 nitrogen and oxygen atoms in total. The Hall–Kier alpha value is -2.38. The van der Waals surface area contributed by atoms with E-state index in [1.807, 2.05) is 11.8 Å². The number of carbonyl (C=O) groups is 1. The van der Waals surface area contributed by atoms with Crippen molar-refractivity contribution in [2.75, 3.05) is 18.0 Å². The summed E-state index contributed by atoms with van der Waals surface area (Å²) in [6.45, 7) is 6.60. The topological polar surface area (TPSA) is 106 Å². The second-order valence-corrected chi connectivity index (χ2v) is 6.37. The van der Waals surface area contributed by atoms with Gasteiger partial charge in [-0.05, 0) is 32.3 Å². The summed E-state index contributed by atoms with van der Waals surface area (Å²) in [5.74, 6) is -0.543. The lowest BCUT2D eigenvalue weighted by atomic mass is 9.87. The van der Waals surface area contributed by atoms with Gasteiger partial charge in [0, 0.05) is 19.2 Å². The van der Waals surface area contributed by atoms with Crippen molar-refractivity contribution in [3.63, 3.8) is 0 Å². The van der Waals surface area contributed by atoms with Crippen LogP contribution in [0, 0.1) is 22.0 Å². The van der Waals surface area contributed by atoms with Crippen LogP contribution in [-0.2, 0) is 4.79 Å². The Morgan fingerprint density at radius 3 is 2.75 bits per heavy atom. The van der Waals surface area contributed by atoms with Crippen LogP contribution in [0.4, 0.5) is 11.5 Å². The molecule has 0 radical (unpaired) electrons. The summed E-state index contributed by atoms with van der Waals surface area (Å²) in [6, 6.07) is 2.92. The van der Waals surface area contributed by atoms with E-state index in [9.17, 15) is 20.0 Å². The SMILES string of the molecule is CCC1CC(C(=O)O)CN(c2ccc([N+](=O)[O-])c(OC(C)C)n2)C1. The highest BCUT2D eigenvalue weighted by molar-refractivity contribution is 5.71. The van der Waals surface area contributed by atoms with E-state index in [2.05, 4.69) is 4.98 Å². The van der Waals surface area contributed by atoms with Gasteiger partial charge in [0.15, 0.2) is 0 Å². The maximum Gasteiger partial charge on any atom is 0.331 e. The molecule has 1 aromatic heterocycles. The molecule has 2 unspecified atom stereocenters. The first-order valence-corrected chi connectivity index (χ1v) is 8.11. The number of carboxylic acid groups (broad SMARTS) is 1. The van der Waals surface area contributed by atoms with E-state index in [1.54, 1.807) is 19.9 Å². The molecule has 0 spiro atoms. The number of aliphatic carboxylic acids is 1. The van der Waals surface area contributed by atoms with Crippen molar-refractivity contribution in [2.45, 2.75) is 39.7 Å². The number of nitrogens with zero attached hydrogens (tertiary/aromatic N) is 3. The molecular formula is C16H23N3O5. The van der Waals surface area contributed by atoms with E-state index in [1.165, 1.54) is 6.07 Å². The number of rotatable bonds is 6. The first-order chi connectivity index (χ1) is 11.3. The van der Waals surface area contributed by atoms with Crippen LogP contribution in [0.15, 0.2) is 12.1 Å². The van der Waals surface area contributed by atoms with Gasteiger partial charge in [-0.2, -0.15) is 4.98 Å². The molecular weight excluding hydrogens is 314 g/mol. The Morgan fingerprint density at radius 1 is 1.50 bits per heavy atom. The molecule has 1 saturated heterocycles. The van der Waals surface area contributed by atoms with Gasteiger partial charge in [-0.25, -0.2) is 0 Å². The van der Waals surface area contributed by atoms with Crippen LogP contribution in [0.5, 0.6) is 5.88 Å². The summed E-state index contributed by atoms with van der Waals surface area (Å²) in [5.41, 5.74) is -0.189. The minimum Gasteiger partial charge on any atom is -0.481 e. The highest BCUT2D eigenvalue weighted by Gasteiger charge is 2.32.